The van der Waals surface area contributed by atoms with Crippen molar-refractivity contribution < 1.29 is 9.47 Å². The maximum Gasteiger partial charge on any atom is 0.161 e. The van der Waals surface area contributed by atoms with Crippen LogP contribution in [0.4, 0.5) is 0 Å². The molecule has 2 N–H and O–H groups in total. The van der Waals surface area contributed by atoms with E-state index in [1.54, 1.807) is 14.2 Å². The van der Waals surface area contributed by atoms with Crippen LogP contribution in [-0.2, 0) is 0 Å². The van der Waals surface area contributed by atoms with Crippen molar-refractivity contribution >= 4 is 15.9 Å². The molecule has 1 aromatic rings. The largest absolute Gasteiger partial charge is 0.493 e. The molecule has 102 valence electrons. The van der Waals surface area contributed by atoms with Gasteiger partial charge in [-0.15, -0.1) is 0 Å². The van der Waals surface area contributed by atoms with E-state index in [0.717, 1.165) is 28.6 Å². The Bertz CT molecular complexity index is 382. The van der Waals surface area contributed by atoms with Crippen LogP contribution in [0.5, 0.6) is 11.5 Å². The Kier molecular flexibility index (Phi) is 6.50. The number of hydrogen-bond acceptors (Lipinski definition) is 3. The number of halogens is 1. The second-order valence-corrected chi connectivity index (χ2v) is 5.19. The van der Waals surface area contributed by atoms with E-state index in [1.807, 2.05) is 12.1 Å². The third kappa shape index (κ3) is 3.89. The molecule has 0 saturated carbocycles. The van der Waals surface area contributed by atoms with Crippen LogP contribution < -0.4 is 15.2 Å². The fraction of sp³-hybridized carbons (Fsp3) is 0.571. The molecule has 0 spiro atoms. The van der Waals surface area contributed by atoms with Gasteiger partial charge in [-0.25, -0.2) is 0 Å². The van der Waals surface area contributed by atoms with E-state index >= 15 is 0 Å². The minimum atomic E-state index is 0.0331. The van der Waals surface area contributed by atoms with E-state index in [-0.39, 0.29) is 6.04 Å². The van der Waals surface area contributed by atoms with Crippen LogP contribution in [0, 0.1) is 0 Å². The Morgan fingerprint density at radius 3 is 2.33 bits per heavy atom. The third-order valence-electron chi connectivity index (χ3n) is 3.02. The summed E-state index contributed by atoms with van der Waals surface area (Å²) in [6.45, 7) is 2.19. The zero-order chi connectivity index (χ0) is 13.5. The van der Waals surface area contributed by atoms with Crippen molar-refractivity contribution in [2.45, 2.75) is 38.6 Å². The van der Waals surface area contributed by atoms with Gasteiger partial charge < -0.3 is 15.2 Å². The van der Waals surface area contributed by atoms with Crippen LogP contribution in [0.25, 0.3) is 0 Å². The van der Waals surface area contributed by atoms with E-state index in [1.165, 1.54) is 12.8 Å². The molecular formula is C14H22BrNO2. The maximum absolute atomic E-state index is 6.23. The van der Waals surface area contributed by atoms with Gasteiger partial charge in [0.15, 0.2) is 11.5 Å². The molecule has 3 nitrogen and oxygen atoms in total. The summed E-state index contributed by atoms with van der Waals surface area (Å²) < 4.78 is 11.5. The van der Waals surface area contributed by atoms with E-state index in [9.17, 15) is 0 Å². The van der Waals surface area contributed by atoms with Gasteiger partial charge in [0.25, 0.3) is 0 Å². The zero-order valence-electron chi connectivity index (χ0n) is 11.3. The quantitative estimate of drug-likeness (QED) is 0.772. The summed E-state index contributed by atoms with van der Waals surface area (Å²) in [5, 5.41) is 0. The van der Waals surface area contributed by atoms with Crippen molar-refractivity contribution in [3.05, 3.63) is 22.2 Å². The predicted molar refractivity (Wildman–Crippen MR) is 78.3 cm³/mol. The van der Waals surface area contributed by atoms with Gasteiger partial charge in [-0.1, -0.05) is 42.1 Å². The standard InChI is InChI=1S/C14H22BrNO2/c1-4-5-6-7-12(16)10-8-13(17-2)14(18-3)9-11(10)15/h8-9,12H,4-7,16H2,1-3H3. The van der Waals surface area contributed by atoms with Gasteiger partial charge in [-0.3, -0.25) is 0 Å². The summed E-state index contributed by atoms with van der Waals surface area (Å²) in [7, 11) is 3.27. The van der Waals surface area contributed by atoms with E-state index < -0.39 is 0 Å². The van der Waals surface area contributed by atoms with Gasteiger partial charge in [0.05, 0.1) is 14.2 Å². The average molecular weight is 316 g/mol. The molecule has 0 aliphatic rings. The summed E-state index contributed by atoms with van der Waals surface area (Å²) in [5.74, 6) is 1.44. The fourth-order valence-corrected chi connectivity index (χ4v) is 2.54. The minimum absolute atomic E-state index is 0.0331. The highest BCUT2D eigenvalue weighted by atomic mass is 79.9. The van der Waals surface area contributed by atoms with Gasteiger partial charge in [-0.2, -0.15) is 0 Å². The number of methoxy groups -OCH3 is 2. The molecule has 0 heterocycles. The molecule has 1 atom stereocenters. The second-order valence-electron chi connectivity index (χ2n) is 4.33. The Labute approximate surface area is 118 Å². The maximum atomic E-state index is 6.23. The monoisotopic (exact) mass is 315 g/mol. The van der Waals surface area contributed by atoms with E-state index in [2.05, 4.69) is 22.9 Å². The first kappa shape index (κ1) is 15.3. The van der Waals surface area contributed by atoms with Crippen molar-refractivity contribution in [1.82, 2.24) is 0 Å². The number of rotatable bonds is 7. The van der Waals surface area contributed by atoms with Crippen LogP contribution in [0.15, 0.2) is 16.6 Å². The minimum Gasteiger partial charge on any atom is -0.493 e. The molecule has 1 unspecified atom stereocenters. The van der Waals surface area contributed by atoms with E-state index in [4.69, 9.17) is 15.2 Å². The molecular weight excluding hydrogens is 294 g/mol. The molecule has 0 aliphatic carbocycles. The molecule has 0 amide bonds. The Morgan fingerprint density at radius 1 is 1.17 bits per heavy atom. The second kappa shape index (κ2) is 7.64. The van der Waals surface area contributed by atoms with Crippen molar-refractivity contribution in [3.63, 3.8) is 0 Å². The summed E-state index contributed by atoms with van der Waals surface area (Å²) in [5.41, 5.74) is 7.30. The lowest BCUT2D eigenvalue weighted by molar-refractivity contribution is 0.353. The molecule has 0 aliphatic heterocycles. The Morgan fingerprint density at radius 2 is 1.78 bits per heavy atom. The highest BCUT2D eigenvalue weighted by Gasteiger charge is 2.14. The zero-order valence-corrected chi connectivity index (χ0v) is 12.9. The van der Waals surface area contributed by atoms with Crippen LogP contribution in [0.1, 0.15) is 44.2 Å². The summed E-state index contributed by atoms with van der Waals surface area (Å²) in [6.07, 6.45) is 4.57. The normalized spacial score (nSPS) is 12.3. The van der Waals surface area contributed by atoms with Gasteiger partial charge >= 0.3 is 0 Å². The molecule has 18 heavy (non-hydrogen) atoms. The van der Waals surface area contributed by atoms with Crippen molar-refractivity contribution in [2.75, 3.05) is 14.2 Å². The summed E-state index contributed by atoms with van der Waals surface area (Å²) >= 11 is 3.55. The van der Waals surface area contributed by atoms with Crippen LogP contribution in [0.3, 0.4) is 0 Å². The van der Waals surface area contributed by atoms with Crippen molar-refractivity contribution in [1.29, 1.82) is 0 Å². The lowest BCUT2D eigenvalue weighted by Gasteiger charge is -2.17. The lowest BCUT2D eigenvalue weighted by atomic mass is 10.0. The molecule has 1 aromatic carbocycles. The highest BCUT2D eigenvalue weighted by molar-refractivity contribution is 9.10. The van der Waals surface area contributed by atoms with Gasteiger partial charge in [0.1, 0.15) is 0 Å². The van der Waals surface area contributed by atoms with Gasteiger partial charge in [-0.05, 0) is 24.1 Å². The van der Waals surface area contributed by atoms with E-state index in [0.29, 0.717) is 5.75 Å². The number of hydrogen-bond donors (Lipinski definition) is 1. The number of ether oxygens (including phenoxy) is 2. The number of benzene rings is 1. The molecule has 0 fully saturated rings. The molecule has 0 saturated heterocycles. The van der Waals surface area contributed by atoms with Crippen molar-refractivity contribution in [2.24, 2.45) is 5.73 Å². The summed E-state index contributed by atoms with van der Waals surface area (Å²) in [4.78, 5) is 0. The van der Waals surface area contributed by atoms with Gasteiger partial charge in [0.2, 0.25) is 0 Å². The first-order valence-electron chi connectivity index (χ1n) is 6.31. The highest BCUT2D eigenvalue weighted by Crippen LogP contribution is 2.36. The molecule has 4 heteroatoms. The van der Waals surface area contributed by atoms with Crippen LogP contribution in [-0.4, -0.2) is 14.2 Å². The van der Waals surface area contributed by atoms with Gasteiger partial charge in [0, 0.05) is 10.5 Å². The number of unbranched alkanes of at least 4 members (excludes halogenated alkanes) is 2. The lowest BCUT2D eigenvalue weighted by Crippen LogP contribution is -2.11. The topological polar surface area (TPSA) is 44.5 Å². The first-order chi connectivity index (χ1) is 8.63. The van der Waals surface area contributed by atoms with Crippen LogP contribution >= 0.6 is 15.9 Å². The van der Waals surface area contributed by atoms with Crippen molar-refractivity contribution in [3.8, 4) is 11.5 Å². The Hall–Kier alpha value is -0.740. The SMILES string of the molecule is CCCCCC(N)c1cc(OC)c(OC)cc1Br. The predicted octanol–water partition coefficient (Wildman–Crippen LogP) is 4.05. The molecule has 0 radical (unpaired) electrons. The third-order valence-corrected chi connectivity index (χ3v) is 3.71. The first-order valence-corrected chi connectivity index (χ1v) is 7.10. The smallest absolute Gasteiger partial charge is 0.161 e. The van der Waals surface area contributed by atoms with Crippen LogP contribution in [0.2, 0.25) is 0 Å². The molecule has 0 aromatic heterocycles. The molecule has 0 bridgehead atoms. The molecule has 1 rings (SSSR count). The fourth-order valence-electron chi connectivity index (χ4n) is 1.92. The summed E-state index contributed by atoms with van der Waals surface area (Å²) in [6, 6.07) is 3.90. The number of nitrogens with two attached hydrogens (primary N) is 1. The average Bonchev–Trinajstić information content (AvgIpc) is 2.38. The Balaban J connectivity index is 2.87.